The molecule has 3 aromatic carbocycles. The summed E-state index contributed by atoms with van der Waals surface area (Å²) in [5, 5.41) is 16.4. The Morgan fingerprint density at radius 1 is 0.946 bits per heavy atom. The third kappa shape index (κ3) is 5.57. The predicted molar refractivity (Wildman–Crippen MR) is 136 cm³/mol. The number of morpholine rings is 1. The van der Waals surface area contributed by atoms with Crippen LogP contribution in [0.2, 0.25) is 0 Å². The van der Waals surface area contributed by atoms with E-state index in [0.717, 1.165) is 42.2 Å². The molecule has 7 nitrogen and oxygen atoms in total. The van der Waals surface area contributed by atoms with Crippen LogP contribution in [0.1, 0.15) is 16.7 Å². The number of nitrogens with zero attached hydrogens (tertiary/aromatic N) is 4. The van der Waals surface area contributed by atoms with Crippen LogP contribution in [0.4, 0.5) is 36.1 Å². The molecule has 0 atom stereocenters. The van der Waals surface area contributed by atoms with Crippen molar-refractivity contribution in [1.82, 2.24) is 9.97 Å². The van der Waals surface area contributed by atoms with Crippen molar-refractivity contribution in [3.63, 3.8) is 0 Å². The monoisotopic (exact) mass is 504 g/mol. The zero-order valence-corrected chi connectivity index (χ0v) is 19.7. The van der Waals surface area contributed by atoms with Gasteiger partial charge in [-0.05, 0) is 54.1 Å². The minimum Gasteiger partial charge on any atom is -0.381 e. The summed E-state index contributed by atoms with van der Waals surface area (Å²) < 4.78 is 43.6. The quantitative estimate of drug-likeness (QED) is 0.348. The van der Waals surface area contributed by atoms with Crippen molar-refractivity contribution in [2.75, 3.05) is 41.8 Å². The maximum absolute atomic E-state index is 12.7. The molecule has 10 heteroatoms. The van der Waals surface area contributed by atoms with Gasteiger partial charge >= 0.3 is 6.18 Å². The first-order valence-corrected chi connectivity index (χ1v) is 11.7. The van der Waals surface area contributed by atoms with Crippen LogP contribution >= 0.6 is 0 Å². The zero-order chi connectivity index (χ0) is 25.8. The molecule has 188 valence electrons. The van der Waals surface area contributed by atoms with Gasteiger partial charge in [-0.1, -0.05) is 12.1 Å². The predicted octanol–water partition coefficient (Wildman–Crippen LogP) is 5.71. The second-order valence-corrected chi connectivity index (χ2v) is 8.55. The molecule has 0 spiro atoms. The Balaban J connectivity index is 1.29. The number of halogens is 3. The number of ether oxygens (including phenoxy) is 1. The molecule has 0 bridgehead atoms. The van der Waals surface area contributed by atoms with E-state index in [0.29, 0.717) is 47.9 Å². The van der Waals surface area contributed by atoms with Crippen molar-refractivity contribution >= 4 is 33.9 Å². The summed E-state index contributed by atoms with van der Waals surface area (Å²) in [6, 6.07) is 18.4. The number of nitrogens with one attached hydrogen (secondary N) is 2. The molecule has 1 aromatic heterocycles. The minimum absolute atomic E-state index is 0.387. The van der Waals surface area contributed by atoms with E-state index in [1.165, 1.54) is 12.1 Å². The lowest BCUT2D eigenvalue weighted by molar-refractivity contribution is -0.137. The maximum atomic E-state index is 12.7. The molecule has 0 radical (unpaired) electrons. The molecule has 0 aliphatic carbocycles. The fourth-order valence-electron chi connectivity index (χ4n) is 4.07. The van der Waals surface area contributed by atoms with E-state index in [4.69, 9.17) is 9.72 Å². The summed E-state index contributed by atoms with van der Waals surface area (Å²) in [6.07, 6.45) is -2.62. The zero-order valence-electron chi connectivity index (χ0n) is 19.7. The topological polar surface area (TPSA) is 86.1 Å². The van der Waals surface area contributed by atoms with Gasteiger partial charge in [-0.3, -0.25) is 4.98 Å². The first-order valence-electron chi connectivity index (χ1n) is 11.7. The highest BCUT2D eigenvalue weighted by atomic mass is 19.4. The fourth-order valence-corrected chi connectivity index (χ4v) is 4.07. The molecule has 0 saturated carbocycles. The summed E-state index contributed by atoms with van der Waals surface area (Å²) >= 11 is 0. The van der Waals surface area contributed by atoms with Crippen molar-refractivity contribution in [3.8, 4) is 6.07 Å². The summed E-state index contributed by atoms with van der Waals surface area (Å²) in [7, 11) is 0. The lowest BCUT2D eigenvalue weighted by atomic mass is 10.1. The van der Waals surface area contributed by atoms with Crippen LogP contribution in [-0.4, -0.2) is 36.3 Å². The first kappa shape index (κ1) is 24.3. The van der Waals surface area contributed by atoms with Gasteiger partial charge in [-0.25, -0.2) is 4.98 Å². The molecule has 0 amide bonds. The van der Waals surface area contributed by atoms with E-state index in [2.05, 4.69) is 26.6 Å². The van der Waals surface area contributed by atoms with Crippen LogP contribution in [-0.2, 0) is 17.5 Å². The van der Waals surface area contributed by atoms with E-state index < -0.39 is 11.7 Å². The molecule has 2 heterocycles. The van der Waals surface area contributed by atoms with E-state index in [1.54, 1.807) is 12.3 Å². The SMILES string of the molecule is N#Cc1c(Nc2ccc(NCc3ccc(C(F)(F)F)cc3)cc2)ccc2ncc(N3CCOCC3)nc12. The Labute approximate surface area is 211 Å². The second kappa shape index (κ2) is 10.3. The van der Waals surface area contributed by atoms with Gasteiger partial charge in [-0.2, -0.15) is 18.4 Å². The van der Waals surface area contributed by atoms with Crippen LogP contribution < -0.4 is 15.5 Å². The van der Waals surface area contributed by atoms with Crippen molar-refractivity contribution in [2.45, 2.75) is 12.7 Å². The molecular weight excluding hydrogens is 481 g/mol. The molecule has 4 aromatic rings. The Bertz CT molecular complexity index is 1430. The van der Waals surface area contributed by atoms with Gasteiger partial charge < -0.3 is 20.3 Å². The minimum atomic E-state index is -4.34. The van der Waals surface area contributed by atoms with Gasteiger partial charge in [0.1, 0.15) is 23.0 Å². The van der Waals surface area contributed by atoms with E-state index in [-0.39, 0.29) is 0 Å². The van der Waals surface area contributed by atoms with Gasteiger partial charge in [-0.15, -0.1) is 0 Å². The number of aromatic nitrogens is 2. The standard InChI is InChI=1S/C27H23F3N6O/c28-27(29,30)19-3-1-18(2-4-19)16-32-20-5-7-21(8-6-20)34-23-9-10-24-26(22(23)15-31)35-25(17-33-24)36-11-13-37-14-12-36/h1-10,17,32,34H,11-14,16H2. The molecule has 1 fully saturated rings. The molecule has 37 heavy (non-hydrogen) atoms. The van der Waals surface area contributed by atoms with Crippen molar-refractivity contribution in [3.05, 3.63) is 83.6 Å². The lowest BCUT2D eigenvalue weighted by Gasteiger charge is -2.27. The number of nitriles is 1. The number of anilines is 4. The second-order valence-electron chi connectivity index (χ2n) is 8.55. The number of rotatable bonds is 6. The summed E-state index contributed by atoms with van der Waals surface area (Å²) in [6.45, 7) is 3.08. The number of hydrogen-bond donors (Lipinski definition) is 2. The number of benzene rings is 3. The smallest absolute Gasteiger partial charge is 0.381 e. The van der Waals surface area contributed by atoms with Crippen molar-refractivity contribution in [2.24, 2.45) is 0 Å². The third-order valence-electron chi connectivity index (χ3n) is 6.09. The van der Waals surface area contributed by atoms with E-state index in [9.17, 15) is 18.4 Å². The lowest BCUT2D eigenvalue weighted by Crippen LogP contribution is -2.36. The van der Waals surface area contributed by atoms with Crippen molar-refractivity contribution < 1.29 is 17.9 Å². The fraction of sp³-hybridized carbons (Fsp3) is 0.222. The van der Waals surface area contributed by atoms with E-state index in [1.807, 2.05) is 30.3 Å². The summed E-state index contributed by atoms with van der Waals surface area (Å²) in [4.78, 5) is 11.3. The normalized spacial score (nSPS) is 13.8. The van der Waals surface area contributed by atoms with E-state index >= 15 is 0 Å². The summed E-state index contributed by atoms with van der Waals surface area (Å²) in [5.41, 5.74) is 3.86. The Morgan fingerprint density at radius 3 is 2.32 bits per heavy atom. The van der Waals surface area contributed by atoms with Crippen LogP contribution in [0.3, 0.4) is 0 Å². The van der Waals surface area contributed by atoms with Gasteiger partial charge in [0.15, 0.2) is 0 Å². The molecular formula is C27H23F3N6O. The van der Waals surface area contributed by atoms with Crippen LogP contribution in [0.5, 0.6) is 0 Å². The molecule has 1 aliphatic rings. The third-order valence-corrected chi connectivity index (χ3v) is 6.09. The molecule has 2 N–H and O–H groups in total. The Hall–Kier alpha value is -4.36. The number of hydrogen-bond acceptors (Lipinski definition) is 7. The van der Waals surface area contributed by atoms with Gasteiger partial charge in [0.05, 0.1) is 36.2 Å². The van der Waals surface area contributed by atoms with Gasteiger partial charge in [0, 0.05) is 31.0 Å². The molecule has 5 rings (SSSR count). The Morgan fingerprint density at radius 2 is 1.65 bits per heavy atom. The van der Waals surface area contributed by atoms with Gasteiger partial charge in [0.2, 0.25) is 0 Å². The molecule has 1 aliphatic heterocycles. The van der Waals surface area contributed by atoms with Crippen molar-refractivity contribution in [1.29, 1.82) is 5.26 Å². The number of fused-ring (bicyclic) bond motifs is 1. The van der Waals surface area contributed by atoms with Gasteiger partial charge in [0.25, 0.3) is 0 Å². The largest absolute Gasteiger partial charge is 0.416 e. The van der Waals surface area contributed by atoms with Crippen LogP contribution in [0, 0.1) is 11.3 Å². The van der Waals surface area contributed by atoms with Crippen LogP contribution in [0.25, 0.3) is 11.0 Å². The average Bonchev–Trinajstić information content (AvgIpc) is 2.92. The highest BCUT2D eigenvalue weighted by molar-refractivity contribution is 5.89. The number of alkyl halides is 3. The average molecular weight is 505 g/mol. The highest BCUT2D eigenvalue weighted by Crippen LogP contribution is 2.30. The first-order chi connectivity index (χ1) is 17.9. The van der Waals surface area contributed by atoms with Crippen LogP contribution in [0.15, 0.2) is 66.9 Å². The maximum Gasteiger partial charge on any atom is 0.416 e. The Kier molecular flexibility index (Phi) is 6.79. The highest BCUT2D eigenvalue weighted by Gasteiger charge is 2.29. The summed E-state index contributed by atoms with van der Waals surface area (Å²) in [5.74, 6) is 0.716. The molecule has 1 saturated heterocycles. The molecule has 0 unspecified atom stereocenters.